The Labute approximate surface area is 113 Å². The van der Waals surface area contributed by atoms with Gasteiger partial charge >= 0.3 is 5.97 Å². The summed E-state index contributed by atoms with van der Waals surface area (Å²) in [6.07, 6.45) is 3.49. The van der Waals surface area contributed by atoms with Crippen LogP contribution in [0.1, 0.15) is 26.2 Å². The SMILES string of the molecule is C=CCCCC(=O)N(c1ccccc1)C(C)C(=O)O. The molecule has 4 heteroatoms. The summed E-state index contributed by atoms with van der Waals surface area (Å²) in [5.74, 6) is -1.19. The quantitative estimate of drug-likeness (QED) is 0.606. The van der Waals surface area contributed by atoms with Gasteiger partial charge in [-0.25, -0.2) is 4.79 Å². The largest absolute Gasteiger partial charge is 0.480 e. The molecule has 0 fully saturated rings. The molecular formula is C15H19NO3. The molecule has 0 heterocycles. The average Bonchev–Trinajstić information content (AvgIpc) is 2.40. The Morgan fingerprint density at radius 1 is 1.37 bits per heavy atom. The molecule has 1 N–H and O–H groups in total. The first kappa shape index (κ1) is 15.0. The molecular weight excluding hydrogens is 242 g/mol. The van der Waals surface area contributed by atoms with Crippen LogP contribution in [-0.4, -0.2) is 23.0 Å². The van der Waals surface area contributed by atoms with E-state index in [1.54, 1.807) is 30.3 Å². The first-order valence-corrected chi connectivity index (χ1v) is 6.28. The van der Waals surface area contributed by atoms with Crippen LogP contribution in [0.15, 0.2) is 43.0 Å². The van der Waals surface area contributed by atoms with Gasteiger partial charge in [-0.2, -0.15) is 0 Å². The Morgan fingerprint density at radius 3 is 2.53 bits per heavy atom. The number of carboxylic acid groups (broad SMARTS) is 1. The van der Waals surface area contributed by atoms with Gasteiger partial charge in [0.25, 0.3) is 0 Å². The minimum Gasteiger partial charge on any atom is -0.480 e. The fraction of sp³-hybridized carbons (Fsp3) is 0.333. The van der Waals surface area contributed by atoms with E-state index in [2.05, 4.69) is 6.58 Å². The minimum absolute atomic E-state index is 0.178. The molecule has 1 aromatic rings. The Morgan fingerprint density at radius 2 is 2.00 bits per heavy atom. The van der Waals surface area contributed by atoms with Gasteiger partial charge in [-0.1, -0.05) is 24.3 Å². The summed E-state index contributed by atoms with van der Waals surface area (Å²) in [6.45, 7) is 5.12. The van der Waals surface area contributed by atoms with E-state index in [0.29, 0.717) is 18.5 Å². The van der Waals surface area contributed by atoms with Crippen molar-refractivity contribution in [3.63, 3.8) is 0 Å². The number of para-hydroxylation sites is 1. The number of carbonyl (C=O) groups excluding carboxylic acids is 1. The zero-order valence-corrected chi connectivity index (χ0v) is 11.1. The predicted octanol–water partition coefficient (Wildman–Crippen LogP) is 2.85. The van der Waals surface area contributed by atoms with Gasteiger partial charge in [0.15, 0.2) is 0 Å². The summed E-state index contributed by atoms with van der Waals surface area (Å²) in [5.41, 5.74) is 0.612. The summed E-state index contributed by atoms with van der Waals surface area (Å²) in [4.78, 5) is 24.7. The van der Waals surface area contributed by atoms with E-state index in [-0.39, 0.29) is 5.91 Å². The van der Waals surface area contributed by atoms with Crippen molar-refractivity contribution in [2.24, 2.45) is 0 Å². The maximum Gasteiger partial charge on any atom is 0.326 e. The van der Waals surface area contributed by atoms with Crippen LogP contribution in [0.3, 0.4) is 0 Å². The standard InChI is InChI=1S/C15H19NO3/c1-3-4-6-11-14(17)16(12(2)15(18)19)13-9-7-5-8-10-13/h3,5,7-10,12H,1,4,6,11H2,2H3,(H,18,19). The molecule has 0 aliphatic carbocycles. The average molecular weight is 261 g/mol. The Hall–Kier alpha value is -2.10. The van der Waals surface area contributed by atoms with E-state index in [1.807, 2.05) is 6.07 Å². The van der Waals surface area contributed by atoms with E-state index in [9.17, 15) is 9.59 Å². The van der Waals surface area contributed by atoms with Crippen molar-refractivity contribution in [2.75, 3.05) is 4.90 Å². The molecule has 19 heavy (non-hydrogen) atoms. The Kier molecular flexibility index (Phi) is 5.79. The smallest absolute Gasteiger partial charge is 0.326 e. The normalized spacial score (nSPS) is 11.6. The summed E-state index contributed by atoms with van der Waals surface area (Å²) in [5, 5.41) is 9.12. The van der Waals surface area contributed by atoms with Crippen LogP contribution in [0, 0.1) is 0 Å². The van der Waals surface area contributed by atoms with Crippen molar-refractivity contribution < 1.29 is 14.7 Å². The second kappa shape index (κ2) is 7.36. The Balaban J connectivity index is 2.90. The van der Waals surface area contributed by atoms with Crippen LogP contribution in [0.2, 0.25) is 0 Å². The monoisotopic (exact) mass is 261 g/mol. The predicted molar refractivity (Wildman–Crippen MR) is 75.1 cm³/mol. The molecule has 1 unspecified atom stereocenters. The number of unbranched alkanes of at least 4 members (excludes halogenated alkanes) is 1. The lowest BCUT2D eigenvalue weighted by Crippen LogP contribution is -2.43. The van der Waals surface area contributed by atoms with Crippen molar-refractivity contribution in [1.29, 1.82) is 0 Å². The van der Waals surface area contributed by atoms with E-state index >= 15 is 0 Å². The Bertz CT molecular complexity index is 442. The topological polar surface area (TPSA) is 57.6 Å². The van der Waals surface area contributed by atoms with Crippen LogP contribution in [-0.2, 0) is 9.59 Å². The van der Waals surface area contributed by atoms with Gasteiger partial charge in [0, 0.05) is 12.1 Å². The molecule has 1 aromatic carbocycles. The highest BCUT2D eigenvalue weighted by molar-refractivity contribution is 5.98. The molecule has 0 bridgehead atoms. The zero-order valence-electron chi connectivity index (χ0n) is 11.1. The number of benzene rings is 1. The van der Waals surface area contributed by atoms with Gasteiger partial charge in [0.05, 0.1) is 0 Å². The lowest BCUT2D eigenvalue weighted by Gasteiger charge is -2.26. The second-order valence-electron chi connectivity index (χ2n) is 4.29. The minimum atomic E-state index is -1.01. The van der Waals surface area contributed by atoms with Crippen molar-refractivity contribution in [3.8, 4) is 0 Å². The lowest BCUT2D eigenvalue weighted by molar-refractivity contribution is -0.139. The van der Waals surface area contributed by atoms with Crippen LogP contribution in [0.4, 0.5) is 5.69 Å². The number of carboxylic acids is 1. The van der Waals surface area contributed by atoms with Gasteiger partial charge < -0.3 is 5.11 Å². The highest BCUT2D eigenvalue weighted by atomic mass is 16.4. The van der Waals surface area contributed by atoms with E-state index in [4.69, 9.17) is 5.11 Å². The van der Waals surface area contributed by atoms with E-state index in [1.165, 1.54) is 11.8 Å². The fourth-order valence-electron chi connectivity index (χ4n) is 1.80. The number of rotatable bonds is 7. The van der Waals surface area contributed by atoms with Gasteiger partial charge in [-0.3, -0.25) is 9.69 Å². The third-order valence-corrected chi connectivity index (χ3v) is 2.85. The number of carbonyl (C=O) groups is 2. The van der Waals surface area contributed by atoms with E-state index < -0.39 is 12.0 Å². The molecule has 1 rings (SSSR count). The number of aliphatic carboxylic acids is 1. The maximum absolute atomic E-state index is 12.2. The molecule has 0 saturated heterocycles. The van der Waals surface area contributed by atoms with Crippen molar-refractivity contribution in [3.05, 3.63) is 43.0 Å². The van der Waals surface area contributed by atoms with Gasteiger partial charge in [-0.15, -0.1) is 6.58 Å². The van der Waals surface area contributed by atoms with Gasteiger partial charge in [-0.05, 0) is 31.9 Å². The second-order valence-corrected chi connectivity index (χ2v) is 4.29. The van der Waals surface area contributed by atoms with Crippen LogP contribution >= 0.6 is 0 Å². The van der Waals surface area contributed by atoms with Gasteiger partial charge in [0.2, 0.25) is 5.91 Å². The van der Waals surface area contributed by atoms with Gasteiger partial charge in [0.1, 0.15) is 6.04 Å². The number of allylic oxidation sites excluding steroid dienone is 1. The van der Waals surface area contributed by atoms with Crippen molar-refractivity contribution in [2.45, 2.75) is 32.2 Å². The molecule has 4 nitrogen and oxygen atoms in total. The summed E-state index contributed by atoms with van der Waals surface area (Å²) in [6, 6.07) is 8.01. The first-order chi connectivity index (χ1) is 9.07. The highest BCUT2D eigenvalue weighted by Gasteiger charge is 2.26. The third kappa shape index (κ3) is 4.25. The molecule has 1 atom stereocenters. The molecule has 0 radical (unpaired) electrons. The number of nitrogens with zero attached hydrogens (tertiary/aromatic N) is 1. The first-order valence-electron chi connectivity index (χ1n) is 6.28. The highest BCUT2D eigenvalue weighted by Crippen LogP contribution is 2.19. The molecule has 0 saturated carbocycles. The number of hydrogen-bond donors (Lipinski definition) is 1. The van der Waals surface area contributed by atoms with E-state index in [0.717, 1.165) is 6.42 Å². The summed E-state index contributed by atoms with van der Waals surface area (Å²) < 4.78 is 0. The third-order valence-electron chi connectivity index (χ3n) is 2.85. The number of hydrogen-bond acceptors (Lipinski definition) is 2. The summed E-state index contributed by atoms with van der Waals surface area (Å²) in [7, 11) is 0. The molecule has 1 amide bonds. The number of amides is 1. The van der Waals surface area contributed by atoms with Crippen molar-refractivity contribution >= 4 is 17.6 Å². The van der Waals surface area contributed by atoms with Crippen LogP contribution in [0.5, 0.6) is 0 Å². The molecule has 102 valence electrons. The van der Waals surface area contributed by atoms with Crippen molar-refractivity contribution in [1.82, 2.24) is 0 Å². The molecule has 0 aliphatic heterocycles. The lowest BCUT2D eigenvalue weighted by atomic mass is 10.1. The summed E-state index contributed by atoms with van der Waals surface area (Å²) >= 11 is 0. The molecule has 0 spiro atoms. The number of anilines is 1. The fourth-order valence-corrected chi connectivity index (χ4v) is 1.80. The van der Waals surface area contributed by atoms with Crippen LogP contribution in [0.25, 0.3) is 0 Å². The zero-order chi connectivity index (χ0) is 14.3. The van der Waals surface area contributed by atoms with Crippen LogP contribution < -0.4 is 4.90 Å². The molecule has 0 aliphatic rings. The molecule has 0 aromatic heterocycles. The maximum atomic E-state index is 12.2.